The van der Waals surface area contributed by atoms with E-state index < -0.39 is 17.3 Å². The molecule has 0 fully saturated rings. The Labute approximate surface area is 120 Å². The molecule has 0 bridgehead atoms. The molecule has 4 nitrogen and oxygen atoms in total. The number of hydrogen-bond donors (Lipinski definition) is 1. The molecule has 1 N–H and O–H groups in total. The number of phenols is 1. The lowest BCUT2D eigenvalue weighted by molar-refractivity contribution is -0.147. The third-order valence-electron chi connectivity index (χ3n) is 2.74. The van der Waals surface area contributed by atoms with Crippen molar-refractivity contribution in [1.82, 2.24) is 0 Å². The zero-order chi connectivity index (χ0) is 14.8. The molecule has 1 rings (SSSR count). The summed E-state index contributed by atoms with van der Waals surface area (Å²) in [6.07, 6.45) is 0. The van der Waals surface area contributed by atoms with Crippen LogP contribution in [-0.4, -0.2) is 24.0 Å². The van der Waals surface area contributed by atoms with Crippen LogP contribution in [0.2, 0.25) is 0 Å². The van der Waals surface area contributed by atoms with Crippen molar-refractivity contribution in [2.45, 2.75) is 26.7 Å². The first-order chi connectivity index (χ1) is 8.68. The fourth-order valence-electron chi connectivity index (χ4n) is 1.68. The zero-order valence-corrected chi connectivity index (χ0v) is 12.9. The molecule has 1 aromatic carbocycles. The Morgan fingerprint density at radius 2 is 1.89 bits per heavy atom. The number of carbonyl (C=O) groups excluding carboxylic acids is 2. The largest absolute Gasteiger partial charge is 0.508 e. The normalized spacial score (nSPS) is 12.9. The summed E-state index contributed by atoms with van der Waals surface area (Å²) in [7, 11) is 1.22. The minimum atomic E-state index is -1.12. The van der Waals surface area contributed by atoms with Crippen molar-refractivity contribution in [2.75, 3.05) is 7.11 Å². The highest BCUT2D eigenvalue weighted by Crippen LogP contribution is 2.34. The maximum absolute atomic E-state index is 12.4. The second kappa shape index (κ2) is 5.74. The Morgan fingerprint density at radius 1 is 1.32 bits per heavy atom. The third-order valence-corrected chi connectivity index (χ3v) is 3.23. The van der Waals surface area contributed by atoms with Gasteiger partial charge in [0.15, 0.2) is 5.78 Å². The molecule has 1 atom stereocenters. The number of methoxy groups -OCH3 is 1. The highest BCUT2D eigenvalue weighted by atomic mass is 79.9. The van der Waals surface area contributed by atoms with Crippen LogP contribution in [0.15, 0.2) is 22.7 Å². The van der Waals surface area contributed by atoms with Crippen molar-refractivity contribution in [2.24, 2.45) is 5.41 Å². The highest BCUT2D eigenvalue weighted by Gasteiger charge is 2.38. The van der Waals surface area contributed by atoms with E-state index in [1.54, 1.807) is 32.9 Å². The molecule has 104 valence electrons. The monoisotopic (exact) mass is 328 g/mol. The van der Waals surface area contributed by atoms with Crippen LogP contribution in [0.5, 0.6) is 5.75 Å². The summed E-state index contributed by atoms with van der Waals surface area (Å²) in [5, 5.41) is 9.88. The smallest absolute Gasteiger partial charge is 0.320 e. The molecule has 0 aliphatic rings. The first-order valence-corrected chi connectivity index (χ1v) is 6.58. The summed E-state index contributed by atoms with van der Waals surface area (Å²) in [5.41, 5.74) is -0.464. The summed E-state index contributed by atoms with van der Waals surface area (Å²) in [6, 6.07) is 4.63. The van der Waals surface area contributed by atoms with E-state index in [9.17, 15) is 14.7 Å². The first-order valence-electron chi connectivity index (χ1n) is 5.79. The lowest BCUT2D eigenvalue weighted by Crippen LogP contribution is -2.32. The van der Waals surface area contributed by atoms with E-state index in [1.165, 1.54) is 13.2 Å². The maximum atomic E-state index is 12.4. The van der Waals surface area contributed by atoms with Gasteiger partial charge in [-0.2, -0.15) is 0 Å². The second-order valence-corrected chi connectivity index (χ2v) is 6.19. The fraction of sp³-hybridized carbons (Fsp3) is 0.429. The fourth-order valence-corrected chi connectivity index (χ4v) is 2.06. The van der Waals surface area contributed by atoms with Crippen molar-refractivity contribution in [3.8, 4) is 5.75 Å². The SMILES string of the molecule is COC(=O)C(C(=O)C(C)(C)C)c1cc(Br)ccc1O. The topological polar surface area (TPSA) is 63.6 Å². The number of hydrogen-bond acceptors (Lipinski definition) is 4. The van der Waals surface area contributed by atoms with Gasteiger partial charge in [-0.15, -0.1) is 0 Å². The summed E-state index contributed by atoms with van der Waals surface area (Å²) in [6.45, 7) is 5.17. The van der Waals surface area contributed by atoms with E-state index in [0.29, 0.717) is 4.47 Å². The van der Waals surface area contributed by atoms with E-state index in [0.717, 1.165) is 0 Å². The van der Waals surface area contributed by atoms with Gasteiger partial charge in [0.2, 0.25) is 0 Å². The Bertz CT molecular complexity index is 503. The molecule has 1 unspecified atom stereocenters. The van der Waals surface area contributed by atoms with Gasteiger partial charge in [-0.25, -0.2) is 0 Å². The molecule has 0 saturated heterocycles. The van der Waals surface area contributed by atoms with Gasteiger partial charge in [-0.1, -0.05) is 36.7 Å². The van der Waals surface area contributed by atoms with Crippen molar-refractivity contribution < 1.29 is 19.4 Å². The van der Waals surface area contributed by atoms with E-state index >= 15 is 0 Å². The molecule has 1 aromatic rings. The Hall–Kier alpha value is -1.36. The molecule has 5 heteroatoms. The number of ketones is 1. The van der Waals surface area contributed by atoms with Gasteiger partial charge in [-0.3, -0.25) is 9.59 Å². The third kappa shape index (κ3) is 3.56. The number of ether oxygens (including phenoxy) is 1. The number of benzene rings is 1. The minimum absolute atomic E-state index is 0.101. The lowest BCUT2D eigenvalue weighted by Gasteiger charge is -2.23. The molecule has 19 heavy (non-hydrogen) atoms. The van der Waals surface area contributed by atoms with Crippen LogP contribution in [0.3, 0.4) is 0 Å². The van der Waals surface area contributed by atoms with Gasteiger partial charge in [0.05, 0.1) is 7.11 Å². The summed E-state index contributed by atoms with van der Waals surface area (Å²) < 4.78 is 5.37. The van der Waals surface area contributed by atoms with Crippen molar-refractivity contribution in [3.63, 3.8) is 0 Å². The van der Waals surface area contributed by atoms with Crippen LogP contribution in [0.4, 0.5) is 0 Å². The van der Waals surface area contributed by atoms with Crippen LogP contribution < -0.4 is 0 Å². The number of carbonyl (C=O) groups is 2. The number of Topliss-reactive ketones (excluding diaryl/α,β-unsaturated/α-hetero) is 1. The van der Waals surface area contributed by atoms with Crippen molar-refractivity contribution >= 4 is 27.7 Å². The van der Waals surface area contributed by atoms with E-state index in [-0.39, 0.29) is 17.1 Å². The van der Waals surface area contributed by atoms with Crippen molar-refractivity contribution in [1.29, 1.82) is 0 Å². The second-order valence-electron chi connectivity index (χ2n) is 5.27. The number of esters is 1. The predicted octanol–water partition coefficient (Wildman–Crippen LogP) is 3.03. The molecule has 0 aliphatic carbocycles. The Morgan fingerprint density at radius 3 is 2.37 bits per heavy atom. The zero-order valence-electron chi connectivity index (χ0n) is 11.4. The lowest BCUT2D eigenvalue weighted by atomic mass is 9.79. The molecule has 0 heterocycles. The molecule has 0 aliphatic heterocycles. The maximum Gasteiger partial charge on any atom is 0.320 e. The Kier molecular flexibility index (Phi) is 4.74. The quantitative estimate of drug-likeness (QED) is 0.684. The summed E-state index contributed by atoms with van der Waals surface area (Å²) in [5.74, 6) is -2.19. The molecular formula is C14H17BrO4. The highest BCUT2D eigenvalue weighted by molar-refractivity contribution is 9.10. The molecular weight excluding hydrogens is 312 g/mol. The minimum Gasteiger partial charge on any atom is -0.508 e. The molecule has 0 saturated carbocycles. The average molecular weight is 329 g/mol. The summed E-state index contributed by atoms with van der Waals surface area (Å²) >= 11 is 3.26. The molecule has 0 aromatic heterocycles. The number of aromatic hydroxyl groups is 1. The van der Waals surface area contributed by atoms with Crippen LogP contribution in [0, 0.1) is 5.41 Å². The van der Waals surface area contributed by atoms with Gasteiger partial charge in [0.1, 0.15) is 11.7 Å². The van der Waals surface area contributed by atoms with Gasteiger partial charge < -0.3 is 9.84 Å². The van der Waals surface area contributed by atoms with Gasteiger partial charge >= 0.3 is 5.97 Å². The predicted molar refractivity (Wildman–Crippen MR) is 75.0 cm³/mol. The number of halogens is 1. The van der Waals surface area contributed by atoms with Gasteiger partial charge in [0.25, 0.3) is 0 Å². The van der Waals surface area contributed by atoms with Gasteiger partial charge in [0, 0.05) is 15.5 Å². The molecule has 0 amide bonds. The van der Waals surface area contributed by atoms with E-state index in [2.05, 4.69) is 15.9 Å². The van der Waals surface area contributed by atoms with Crippen LogP contribution in [0.1, 0.15) is 32.3 Å². The number of phenolic OH excluding ortho intramolecular Hbond substituents is 1. The average Bonchev–Trinajstić information content (AvgIpc) is 2.32. The molecule has 0 spiro atoms. The van der Waals surface area contributed by atoms with E-state index in [4.69, 9.17) is 4.74 Å². The van der Waals surface area contributed by atoms with Crippen LogP contribution >= 0.6 is 15.9 Å². The standard InChI is InChI=1S/C14H17BrO4/c1-14(2,3)12(17)11(13(18)19-4)9-7-8(15)5-6-10(9)16/h5-7,11,16H,1-4H3. The van der Waals surface area contributed by atoms with Gasteiger partial charge in [-0.05, 0) is 18.2 Å². The van der Waals surface area contributed by atoms with Crippen LogP contribution in [0.25, 0.3) is 0 Å². The number of rotatable bonds is 3. The summed E-state index contributed by atoms with van der Waals surface area (Å²) in [4.78, 5) is 24.3. The van der Waals surface area contributed by atoms with Crippen molar-refractivity contribution in [3.05, 3.63) is 28.2 Å². The first kappa shape index (κ1) is 15.7. The van der Waals surface area contributed by atoms with Crippen LogP contribution in [-0.2, 0) is 14.3 Å². The Balaban J connectivity index is 3.37. The van der Waals surface area contributed by atoms with E-state index in [1.807, 2.05) is 0 Å². The molecule has 0 radical (unpaired) electrons.